The highest BCUT2D eigenvalue weighted by Crippen LogP contribution is 2.40. The van der Waals surface area contributed by atoms with E-state index in [0.717, 1.165) is 85.6 Å². The third kappa shape index (κ3) is 6.72. The van der Waals surface area contributed by atoms with Crippen molar-refractivity contribution in [1.29, 1.82) is 0 Å². The van der Waals surface area contributed by atoms with Crippen LogP contribution in [0.25, 0.3) is 78.7 Å². The predicted octanol–water partition coefficient (Wildman–Crippen LogP) is 13.2. The van der Waals surface area contributed by atoms with E-state index >= 15 is 0 Å². The lowest BCUT2D eigenvalue weighted by Crippen LogP contribution is -2.06. The van der Waals surface area contributed by atoms with Crippen LogP contribution in [0.2, 0.25) is 0 Å². The van der Waals surface area contributed by atoms with Crippen molar-refractivity contribution >= 4 is 38.9 Å². The van der Waals surface area contributed by atoms with Gasteiger partial charge in [0.25, 0.3) is 0 Å². The van der Waals surface area contributed by atoms with Crippen LogP contribution in [0.3, 0.4) is 0 Å². The lowest BCUT2D eigenvalue weighted by molar-refractivity contribution is 0.602. The van der Waals surface area contributed by atoms with Crippen LogP contribution in [0.1, 0.15) is 44.9 Å². The maximum atomic E-state index is 6.76. The fourth-order valence-corrected chi connectivity index (χ4v) is 7.27. The van der Waals surface area contributed by atoms with E-state index < -0.39 is 0 Å². The van der Waals surface area contributed by atoms with E-state index in [0.29, 0.717) is 17.6 Å². The molecular weight excluding hydrogens is 661 g/mol. The molecule has 0 saturated heterocycles. The molecule has 0 amide bonds. The van der Waals surface area contributed by atoms with Crippen LogP contribution >= 0.6 is 0 Å². The van der Waals surface area contributed by atoms with E-state index in [1.807, 2.05) is 42.5 Å². The van der Waals surface area contributed by atoms with Gasteiger partial charge in [0, 0.05) is 32.8 Å². The molecule has 0 aliphatic rings. The van der Waals surface area contributed by atoms with Gasteiger partial charge < -0.3 is 4.42 Å². The van der Waals surface area contributed by atoms with E-state index in [2.05, 4.69) is 141 Å². The Kier molecular flexibility index (Phi) is 9.69. The fraction of sp³-hybridized carbons (Fsp3) is 0.122. The monoisotopic (exact) mass is 702 g/mol. The second kappa shape index (κ2) is 15.2. The van der Waals surface area contributed by atoms with Crippen molar-refractivity contribution < 1.29 is 4.42 Å². The first-order valence-electron chi connectivity index (χ1n) is 18.5. The van der Waals surface area contributed by atoms with Gasteiger partial charge in [-0.05, 0) is 63.3 Å². The number of benzene rings is 5. The minimum Gasteiger partial charge on any atom is -0.454 e. The molecule has 0 radical (unpaired) electrons. The molecule has 0 N–H and O–H groups in total. The molecule has 8 aromatic rings. The largest absolute Gasteiger partial charge is 0.454 e. The van der Waals surface area contributed by atoms with Crippen LogP contribution in [-0.4, -0.2) is 19.5 Å². The molecule has 8 rings (SSSR count). The van der Waals surface area contributed by atoms with Gasteiger partial charge in [-0.1, -0.05) is 157 Å². The van der Waals surface area contributed by atoms with Crippen LogP contribution in [-0.2, 0) is 6.42 Å². The van der Waals surface area contributed by atoms with Gasteiger partial charge in [-0.3, -0.25) is 4.57 Å². The van der Waals surface area contributed by atoms with Gasteiger partial charge in [0.2, 0.25) is 5.95 Å². The zero-order valence-electron chi connectivity index (χ0n) is 31.0. The zero-order chi connectivity index (χ0) is 37.0. The first-order valence-corrected chi connectivity index (χ1v) is 18.5. The summed E-state index contributed by atoms with van der Waals surface area (Å²) in [5.74, 6) is 2.50. The molecular formula is C49H42N4O. The van der Waals surface area contributed by atoms with Crippen molar-refractivity contribution in [1.82, 2.24) is 19.5 Å². The second-order valence-corrected chi connectivity index (χ2v) is 13.7. The Morgan fingerprint density at radius 2 is 1.24 bits per heavy atom. The molecule has 3 heterocycles. The Morgan fingerprint density at radius 1 is 0.648 bits per heavy atom. The van der Waals surface area contributed by atoms with Crippen LogP contribution in [0.5, 0.6) is 0 Å². The molecule has 0 bridgehead atoms. The minimum atomic E-state index is 0.527. The standard InChI is InChI=1S/C49H42N4O/c1-5-7-10-17-33(3)32-34(4)24-29-40-42-31-30-41-39-22-15-16-23-43(39)53(45(41)46(42)54-44(40)6-2)49-51-47(37-20-13-9-14-21-37)50-48(52-49)38-27-25-36(26-28-38)35-18-11-8-12-19-35/h5-9,11-28,30-31H,2,10,29,32H2,1,3-4H3/b7-5-,33-17+,34-24+. The third-order valence-electron chi connectivity index (χ3n) is 9.97. The molecule has 0 aliphatic heterocycles. The summed E-state index contributed by atoms with van der Waals surface area (Å²) in [6, 6.07) is 41.7. The lowest BCUT2D eigenvalue weighted by Gasteiger charge is -2.11. The molecule has 5 aromatic carbocycles. The maximum absolute atomic E-state index is 6.76. The molecule has 5 nitrogen and oxygen atoms in total. The molecule has 0 spiro atoms. The van der Waals surface area contributed by atoms with Crippen molar-refractivity contribution in [3.05, 3.63) is 175 Å². The lowest BCUT2D eigenvalue weighted by atomic mass is 10.0. The van der Waals surface area contributed by atoms with Crippen LogP contribution < -0.4 is 0 Å². The Bertz CT molecular complexity index is 2710. The van der Waals surface area contributed by atoms with Crippen LogP contribution in [0.15, 0.2) is 168 Å². The summed E-state index contributed by atoms with van der Waals surface area (Å²) >= 11 is 0. The van der Waals surface area contributed by atoms with E-state index in [4.69, 9.17) is 19.4 Å². The quantitative estimate of drug-likeness (QED) is 0.126. The van der Waals surface area contributed by atoms with Crippen molar-refractivity contribution in [2.45, 2.75) is 40.0 Å². The van der Waals surface area contributed by atoms with Gasteiger partial charge in [-0.15, -0.1) is 0 Å². The molecule has 3 aromatic heterocycles. The van der Waals surface area contributed by atoms with Crippen molar-refractivity contribution in [3.63, 3.8) is 0 Å². The number of nitrogens with zero attached hydrogens (tertiary/aromatic N) is 4. The number of allylic oxidation sites excluding steroid dienone is 6. The SMILES string of the molecule is C=Cc1oc2c(ccc3c4ccccc4n(-c4nc(-c5ccccc5)nc(-c5ccc(-c6ccccc6)cc5)n4)c32)c1C/C=C(\C)C/C(C)=C/C/C=C\C. The molecule has 0 aliphatic carbocycles. The fourth-order valence-electron chi connectivity index (χ4n) is 7.27. The van der Waals surface area contributed by atoms with Gasteiger partial charge >= 0.3 is 0 Å². The average Bonchev–Trinajstić information content (AvgIpc) is 3.76. The maximum Gasteiger partial charge on any atom is 0.238 e. The van der Waals surface area contributed by atoms with Crippen molar-refractivity contribution in [2.75, 3.05) is 0 Å². The molecule has 5 heteroatoms. The first-order chi connectivity index (χ1) is 26.5. The topological polar surface area (TPSA) is 56.7 Å². The third-order valence-corrected chi connectivity index (χ3v) is 9.97. The van der Waals surface area contributed by atoms with E-state index in [-0.39, 0.29) is 0 Å². The van der Waals surface area contributed by atoms with Crippen molar-refractivity contribution in [3.8, 4) is 39.9 Å². The molecule has 0 unspecified atom stereocenters. The highest BCUT2D eigenvalue weighted by atomic mass is 16.3. The molecule has 0 atom stereocenters. The number of rotatable bonds is 11. The molecule has 54 heavy (non-hydrogen) atoms. The first kappa shape index (κ1) is 34.5. The summed E-state index contributed by atoms with van der Waals surface area (Å²) < 4.78 is 8.90. The summed E-state index contributed by atoms with van der Waals surface area (Å²) in [4.78, 5) is 15.4. The smallest absolute Gasteiger partial charge is 0.238 e. The number of fused-ring (bicyclic) bond motifs is 5. The van der Waals surface area contributed by atoms with Gasteiger partial charge in [0.05, 0.1) is 5.52 Å². The highest BCUT2D eigenvalue weighted by molar-refractivity contribution is 6.17. The summed E-state index contributed by atoms with van der Waals surface area (Å²) in [6.45, 7) is 10.6. The van der Waals surface area contributed by atoms with Crippen LogP contribution in [0.4, 0.5) is 0 Å². The number of hydrogen-bond acceptors (Lipinski definition) is 4. The summed E-state index contributed by atoms with van der Waals surface area (Å²) in [6.07, 6.45) is 13.4. The summed E-state index contributed by atoms with van der Waals surface area (Å²) in [5, 5.41) is 3.22. The summed E-state index contributed by atoms with van der Waals surface area (Å²) in [7, 11) is 0. The van der Waals surface area contributed by atoms with E-state index in [9.17, 15) is 0 Å². The Balaban J connectivity index is 1.30. The van der Waals surface area contributed by atoms with Gasteiger partial charge in [0.1, 0.15) is 11.3 Å². The normalized spacial score (nSPS) is 12.4. The van der Waals surface area contributed by atoms with Gasteiger partial charge in [-0.2, -0.15) is 9.97 Å². The van der Waals surface area contributed by atoms with Gasteiger partial charge in [-0.25, -0.2) is 4.98 Å². The second-order valence-electron chi connectivity index (χ2n) is 13.7. The van der Waals surface area contributed by atoms with E-state index in [1.165, 1.54) is 11.1 Å². The Hall–Kier alpha value is -6.59. The number of para-hydroxylation sites is 1. The minimum absolute atomic E-state index is 0.527. The zero-order valence-corrected chi connectivity index (χ0v) is 31.0. The molecule has 0 fully saturated rings. The Morgan fingerprint density at radius 3 is 1.94 bits per heavy atom. The molecule has 264 valence electrons. The number of furan rings is 1. The molecule has 0 saturated carbocycles. The highest BCUT2D eigenvalue weighted by Gasteiger charge is 2.23. The summed E-state index contributed by atoms with van der Waals surface area (Å²) in [5.41, 5.74) is 10.6. The average molecular weight is 703 g/mol. The predicted molar refractivity (Wildman–Crippen MR) is 226 cm³/mol. The van der Waals surface area contributed by atoms with Gasteiger partial charge in [0.15, 0.2) is 17.2 Å². The van der Waals surface area contributed by atoms with Crippen LogP contribution in [0, 0.1) is 0 Å². The number of hydrogen-bond donors (Lipinski definition) is 0. The van der Waals surface area contributed by atoms with Crippen molar-refractivity contribution in [2.24, 2.45) is 0 Å². The number of aromatic nitrogens is 4. The van der Waals surface area contributed by atoms with E-state index in [1.54, 1.807) is 0 Å². The Labute approximate surface area is 316 Å².